The molecule has 36 heavy (non-hydrogen) atoms. The second-order valence-electron chi connectivity index (χ2n) is 9.63. The molecule has 0 saturated carbocycles. The molecule has 1 aromatic rings. The van der Waals surface area contributed by atoms with Crippen LogP contribution in [0.3, 0.4) is 0 Å². The zero-order valence-electron chi connectivity index (χ0n) is 24.3. The van der Waals surface area contributed by atoms with Gasteiger partial charge in [0.2, 0.25) is 0 Å². The number of aryl methyl sites for hydroxylation is 1. The molecule has 0 unspecified atom stereocenters. The molecule has 0 spiro atoms. The number of nitrogens with two attached hydrogens (primary N) is 2. The van der Waals surface area contributed by atoms with Crippen molar-refractivity contribution in [2.24, 2.45) is 17.4 Å². The summed E-state index contributed by atoms with van der Waals surface area (Å²) >= 11 is 0. The molecular formula is C33H55FN2. The molecule has 0 aliphatic heterocycles. The number of hydrogen-bond acceptors (Lipinski definition) is 2. The maximum absolute atomic E-state index is 12.5. The summed E-state index contributed by atoms with van der Waals surface area (Å²) in [4.78, 5) is 0. The lowest BCUT2D eigenvalue weighted by atomic mass is 9.93. The van der Waals surface area contributed by atoms with Crippen molar-refractivity contribution in [2.45, 2.75) is 99.3 Å². The molecule has 0 aliphatic carbocycles. The molecule has 1 rings (SSSR count). The first-order chi connectivity index (χ1) is 17.1. The highest BCUT2D eigenvalue weighted by Crippen LogP contribution is 2.24. The zero-order valence-corrected chi connectivity index (χ0v) is 24.3. The molecule has 0 aliphatic rings. The predicted molar refractivity (Wildman–Crippen MR) is 161 cm³/mol. The topological polar surface area (TPSA) is 52.0 Å². The Balaban J connectivity index is 0. The van der Waals surface area contributed by atoms with E-state index in [0.717, 1.165) is 48.8 Å². The second kappa shape index (κ2) is 23.0. The van der Waals surface area contributed by atoms with E-state index in [1.165, 1.54) is 42.9 Å². The van der Waals surface area contributed by atoms with Gasteiger partial charge < -0.3 is 11.5 Å². The molecule has 0 amide bonds. The minimum Gasteiger partial charge on any atom is -0.399 e. The quantitative estimate of drug-likeness (QED) is 0.152. The average Bonchev–Trinajstić information content (AvgIpc) is 2.84. The largest absolute Gasteiger partial charge is 0.399 e. The first-order valence-electron chi connectivity index (χ1n) is 13.6. The van der Waals surface area contributed by atoms with Gasteiger partial charge in [-0.25, -0.2) is 4.39 Å². The van der Waals surface area contributed by atoms with Gasteiger partial charge in [0.25, 0.3) is 0 Å². The third-order valence-electron chi connectivity index (χ3n) is 5.94. The third-order valence-corrected chi connectivity index (χ3v) is 5.94. The normalized spacial score (nSPS) is 12.3. The molecule has 0 bridgehead atoms. The molecule has 0 heterocycles. The van der Waals surface area contributed by atoms with E-state index in [1.807, 2.05) is 13.0 Å². The molecule has 1 atom stereocenters. The number of unbranched alkanes of at least 4 members (excludes halogenated alkanes) is 3. The van der Waals surface area contributed by atoms with Crippen LogP contribution in [0.2, 0.25) is 0 Å². The molecule has 4 N–H and O–H groups in total. The molecule has 0 aromatic heterocycles. The monoisotopic (exact) mass is 498 g/mol. The minimum absolute atomic E-state index is 0.133. The number of hydrogen-bond donors (Lipinski definition) is 2. The Labute approximate surface area is 223 Å². The summed E-state index contributed by atoms with van der Waals surface area (Å²) in [5.41, 5.74) is 18.2. The summed E-state index contributed by atoms with van der Waals surface area (Å²) < 4.78 is 12.5. The highest BCUT2D eigenvalue weighted by atomic mass is 19.1. The molecule has 3 heteroatoms. The van der Waals surface area contributed by atoms with Crippen molar-refractivity contribution < 1.29 is 4.39 Å². The second-order valence-corrected chi connectivity index (χ2v) is 9.63. The Morgan fingerprint density at radius 3 is 2.19 bits per heavy atom. The average molecular weight is 499 g/mol. The predicted octanol–water partition coefficient (Wildman–Crippen LogP) is 9.59. The van der Waals surface area contributed by atoms with Gasteiger partial charge in [0, 0.05) is 5.70 Å². The van der Waals surface area contributed by atoms with Crippen molar-refractivity contribution in [3.8, 4) is 0 Å². The first-order valence-corrected chi connectivity index (χ1v) is 13.6. The highest BCUT2D eigenvalue weighted by molar-refractivity contribution is 5.47. The summed E-state index contributed by atoms with van der Waals surface area (Å²) in [5.74, 6) is 0.377. The molecule has 0 saturated heterocycles. The number of allylic oxidation sites excluding steroid dienone is 5. The van der Waals surface area contributed by atoms with Crippen molar-refractivity contribution >= 4 is 0 Å². The first kappa shape index (κ1) is 35.8. The molecular weight excluding hydrogens is 443 g/mol. The van der Waals surface area contributed by atoms with Crippen molar-refractivity contribution in [1.29, 1.82) is 0 Å². The number of benzene rings is 1. The summed E-state index contributed by atoms with van der Waals surface area (Å²) in [5, 5.41) is 0. The maximum Gasteiger partial charge on any atom is 0.123 e. The fourth-order valence-corrected chi connectivity index (χ4v) is 3.43. The van der Waals surface area contributed by atoms with E-state index < -0.39 is 0 Å². The van der Waals surface area contributed by atoms with Crippen LogP contribution in [0.4, 0.5) is 4.39 Å². The van der Waals surface area contributed by atoms with E-state index in [-0.39, 0.29) is 5.82 Å². The lowest BCUT2D eigenvalue weighted by Crippen LogP contribution is -2.11. The van der Waals surface area contributed by atoms with E-state index in [4.69, 9.17) is 11.5 Å². The Kier molecular flexibility index (Phi) is 22.9. The summed E-state index contributed by atoms with van der Waals surface area (Å²) in [6.07, 6.45) is 14.2. The lowest BCUT2D eigenvalue weighted by Gasteiger charge is -2.14. The summed E-state index contributed by atoms with van der Waals surface area (Å²) in [6, 6.07) is 6.76. The molecule has 1 aromatic carbocycles. The summed E-state index contributed by atoms with van der Waals surface area (Å²) in [7, 11) is 0. The van der Waals surface area contributed by atoms with E-state index >= 15 is 0 Å². The van der Waals surface area contributed by atoms with E-state index in [0.29, 0.717) is 18.2 Å². The fourth-order valence-electron chi connectivity index (χ4n) is 3.43. The van der Waals surface area contributed by atoms with E-state index in [2.05, 4.69) is 60.4 Å². The van der Waals surface area contributed by atoms with Crippen LogP contribution in [0.15, 0.2) is 84.1 Å². The van der Waals surface area contributed by atoms with Crippen LogP contribution < -0.4 is 11.5 Å². The van der Waals surface area contributed by atoms with Crippen LogP contribution in [0.1, 0.15) is 98.5 Å². The Morgan fingerprint density at radius 2 is 1.69 bits per heavy atom. The van der Waals surface area contributed by atoms with E-state index in [9.17, 15) is 4.39 Å². The molecule has 0 radical (unpaired) electrons. The van der Waals surface area contributed by atoms with Crippen molar-refractivity contribution in [3.63, 3.8) is 0 Å². The number of rotatable bonds is 14. The van der Waals surface area contributed by atoms with Gasteiger partial charge in [-0.1, -0.05) is 89.0 Å². The van der Waals surface area contributed by atoms with Gasteiger partial charge in [-0.05, 0) is 100 Å². The molecule has 2 nitrogen and oxygen atoms in total. The molecule has 0 fully saturated rings. The minimum atomic E-state index is -0.133. The van der Waals surface area contributed by atoms with Gasteiger partial charge in [0.15, 0.2) is 0 Å². The van der Waals surface area contributed by atoms with Gasteiger partial charge in [-0.2, -0.15) is 0 Å². The Bertz CT molecular complexity index is 817. The van der Waals surface area contributed by atoms with Gasteiger partial charge in [-0.15, -0.1) is 6.58 Å². The Morgan fingerprint density at radius 1 is 1.06 bits per heavy atom. The zero-order chi connectivity index (χ0) is 27.9. The van der Waals surface area contributed by atoms with Crippen LogP contribution in [-0.4, -0.2) is 6.54 Å². The van der Waals surface area contributed by atoms with Crippen LogP contribution in [0, 0.1) is 11.7 Å². The third kappa shape index (κ3) is 18.9. The van der Waals surface area contributed by atoms with Crippen molar-refractivity contribution in [3.05, 3.63) is 95.5 Å². The van der Waals surface area contributed by atoms with Gasteiger partial charge >= 0.3 is 0 Å². The molecule has 204 valence electrons. The van der Waals surface area contributed by atoms with Crippen LogP contribution in [-0.2, 0) is 6.42 Å². The maximum atomic E-state index is 12.5. The summed E-state index contributed by atoms with van der Waals surface area (Å²) in [6.45, 7) is 25.0. The van der Waals surface area contributed by atoms with Crippen LogP contribution in [0.5, 0.6) is 0 Å². The van der Waals surface area contributed by atoms with Gasteiger partial charge in [0.05, 0.1) is 0 Å². The van der Waals surface area contributed by atoms with Crippen LogP contribution in [0.25, 0.3) is 0 Å². The smallest absolute Gasteiger partial charge is 0.123 e. The van der Waals surface area contributed by atoms with Gasteiger partial charge in [0.1, 0.15) is 5.82 Å². The standard InChI is InChI=1S/C21H38N2.C9H11F.C3H6/c1-7-8-9-10-11-17(3)19(5)14-21(20(6)23)18(4)13-12-16(2)15-22;1-2-4-8-5-3-6-9(10)7-8;1-3-2/h14,16H,4,6-13,15,22-23H2,1-3,5H3;3,5-7H,2,4H2,1H3;3H,1H2,2H3/b19-17+,21-14-;;/t16-;;/m1../s1. The van der Waals surface area contributed by atoms with Gasteiger partial charge in [-0.3, -0.25) is 0 Å². The van der Waals surface area contributed by atoms with Crippen molar-refractivity contribution in [2.75, 3.05) is 6.54 Å². The SMILES string of the molecule is C=C(N)/C(=C\C(C)=C(/C)CCCCCC)C(=C)CC[C@@H](C)CN.C=CC.CCCc1cccc(F)c1. The Hall–Kier alpha value is -2.39. The van der Waals surface area contributed by atoms with Crippen LogP contribution >= 0.6 is 0 Å². The fraction of sp³-hybridized carbons (Fsp3) is 0.515. The number of halogens is 1. The van der Waals surface area contributed by atoms with Crippen molar-refractivity contribution in [1.82, 2.24) is 0 Å². The lowest BCUT2D eigenvalue weighted by molar-refractivity contribution is 0.545. The van der Waals surface area contributed by atoms with E-state index in [1.54, 1.807) is 18.2 Å². The highest BCUT2D eigenvalue weighted by Gasteiger charge is 2.08.